The van der Waals surface area contributed by atoms with Crippen LogP contribution in [0.15, 0.2) is 0 Å². The Balaban J connectivity index is 0. The van der Waals surface area contributed by atoms with E-state index in [2.05, 4.69) is 0 Å². The highest BCUT2D eigenvalue weighted by molar-refractivity contribution is 5.85. The minimum absolute atomic E-state index is 0. The van der Waals surface area contributed by atoms with E-state index in [0.717, 1.165) is 0 Å². The van der Waals surface area contributed by atoms with Gasteiger partial charge in [-0.15, -0.1) is 12.4 Å². The van der Waals surface area contributed by atoms with Gasteiger partial charge in [-0.1, -0.05) is 0 Å². The predicted molar refractivity (Wildman–Crippen MR) is 46.4 cm³/mol. The number of hydrogen-bond acceptors (Lipinski definition) is 6. The summed E-state index contributed by atoms with van der Waals surface area (Å²) < 4.78 is 0. The first-order chi connectivity index (χ1) is 5.54. The lowest BCUT2D eigenvalue weighted by atomic mass is 10.0. The lowest BCUT2D eigenvalue weighted by Crippen LogP contribution is -2.47. The number of carbonyl (C=O) groups excluding carboxylic acids is 1. The van der Waals surface area contributed by atoms with E-state index in [4.69, 9.17) is 26.2 Å². The van der Waals surface area contributed by atoms with Gasteiger partial charge in [0.1, 0.15) is 18.3 Å². The van der Waals surface area contributed by atoms with Gasteiger partial charge in [-0.3, -0.25) is 0 Å². The Labute approximate surface area is 81.4 Å². The molecule has 4 atom stereocenters. The molecule has 0 aromatic heterocycles. The van der Waals surface area contributed by atoms with Crippen LogP contribution >= 0.6 is 12.4 Å². The standard InChI is InChI=1S/C6H13NO5.ClH/c7-1-3(9)5(11)6(12)4(10)2-8;/h2-6,9-12H,1,7H2;1H. The number of aliphatic hydroxyl groups is 4. The highest BCUT2D eigenvalue weighted by atomic mass is 35.5. The number of hydrogen-bond donors (Lipinski definition) is 5. The average Bonchev–Trinajstić information content (AvgIpc) is 2.12. The second-order valence-corrected chi connectivity index (χ2v) is 2.41. The topological polar surface area (TPSA) is 124 Å². The van der Waals surface area contributed by atoms with E-state index in [1.807, 2.05) is 0 Å². The van der Waals surface area contributed by atoms with Gasteiger partial charge in [-0.25, -0.2) is 0 Å². The van der Waals surface area contributed by atoms with Gasteiger partial charge >= 0.3 is 0 Å². The highest BCUT2D eigenvalue weighted by Crippen LogP contribution is 2.02. The minimum Gasteiger partial charge on any atom is -0.389 e. The van der Waals surface area contributed by atoms with Crippen LogP contribution in [0.2, 0.25) is 0 Å². The third-order valence-corrected chi connectivity index (χ3v) is 1.47. The van der Waals surface area contributed by atoms with Crippen LogP contribution in [0.3, 0.4) is 0 Å². The molecule has 0 aromatic carbocycles. The first kappa shape index (κ1) is 15.2. The smallest absolute Gasteiger partial charge is 0.151 e. The summed E-state index contributed by atoms with van der Waals surface area (Å²) in [5.41, 5.74) is 4.96. The Bertz CT molecular complexity index is 147. The molecule has 0 aliphatic carbocycles. The Morgan fingerprint density at radius 1 is 1.15 bits per heavy atom. The molecule has 0 radical (unpaired) electrons. The van der Waals surface area contributed by atoms with Crippen LogP contribution < -0.4 is 5.73 Å². The van der Waals surface area contributed by atoms with Crippen LogP contribution in [0, 0.1) is 0 Å². The number of rotatable bonds is 5. The maximum atomic E-state index is 9.93. The van der Waals surface area contributed by atoms with Crippen molar-refractivity contribution >= 4 is 18.7 Å². The van der Waals surface area contributed by atoms with Crippen LogP contribution in [0.25, 0.3) is 0 Å². The summed E-state index contributed by atoms with van der Waals surface area (Å²) in [7, 11) is 0. The minimum atomic E-state index is -1.71. The van der Waals surface area contributed by atoms with Crippen molar-refractivity contribution in [2.45, 2.75) is 24.4 Å². The first-order valence-corrected chi connectivity index (χ1v) is 3.42. The molecule has 0 bridgehead atoms. The third kappa shape index (κ3) is 4.51. The van der Waals surface area contributed by atoms with E-state index in [1.165, 1.54) is 0 Å². The summed E-state index contributed by atoms with van der Waals surface area (Å²) in [6.45, 7) is -0.260. The lowest BCUT2D eigenvalue weighted by Gasteiger charge is -2.22. The summed E-state index contributed by atoms with van der Waals surface area (Å²) in [5.74, 6) is 0. The van der Waals surface area contributed by atoms with E-state index >= 15 is 0 Å². The normalized spacial score (nSPS) is 19.5. The second-order valence-electron chi connectivity index (χ2n) is 2.41. The quantitative estimate of drug-likeness (QED) is 0.312. The van der Waals surface area contributed by atoms with Crippen molar-refractivity contribution in [2.75, 3.05) is 6.54 Å². The molecule has 6 nitrogen and oxygen atoms in total. The zero-order valence-corrected chi connectivity index (χ0v) is 7.59. The Hall–Kier alpha value is -0.240. The molecule has 0 saturated carbocycles. The van der Waals surface area contributed by atoms with Crippen molar-refractivity contribution in [3.63, 3.8) is 0 Å². The van der Waals surface area contributed by atoms with Gasteiger partial charge in [-0.05, 0) is 0 Å². The van der Waals surface area contributed by atoms with Gasteiger partial charge in [0, 0.05) is 6.54 Å². The lowest BCUT2D eigenvalue weighted by molar-refractivity contribution is -0.132. The van der Waals surface area contributed by atoms with E-state index in [9.17, 15) is 4.79 Å². The van der Waals surface area contributed by atoms with Crippen molar-refractivity contribution in [2.24, 2.45) is 5.73 Å². The molecule has 0 aliphatic heterocycles. The van der Waals surface area contributed by atoms with Gasteiger partial charge in [0.25, 0.3) is 0 Å². The Kier molecular flexibility index (Phi) is 8.43. The third-order valence-electron chi connectivity index (χ3n) is 1.47. The number of halogens is 1. The number of carbonyl (C=O) groups is 1. The molecular formula is C6H14ClNO5. The van der Waals surface area contributed by atoms with Gasteiger partial charge in [-0.2, -0.15) is 0 Å². The zero-order valence-electron chi connectivity index (χ0n) is 6.78. The summed E-state index contributed by atoms with van der Waals surface area (Å²) in [6, 6.07) is 0. The second kappa shape index (κ2) is 7.19. The van der Waals surface area contributed by atoms with Crippen molar-refractivity contribution in [3.8, 4) is 0 Å². The van der Waals surface area contributed by atoms with Crippen molar-refractivity contribution in [1.29, 1.82) is 0 Å². The number of nitrogens with two attached hydrogens (primary N) is 1. The molecule has 6 N–H and O–H groups in total. The average molecular weight is 216 g/mol. The van der Waals surface area contributed by atoms with Gasteiger partial charge in [0.05, 0.1) is 6.10 Å². The van der Waals surface area contributed by atoms with Crippen molar-refractivity contribution in [1.82, 2.24) is 0 Å². The SMILES string of the molecule is Cl.NCC(O)C(O)C(O)C(O)C=O. The maximum absolute atomic E-state index is 9.93. The van der Waals surface area contributed by atoms with Gasteiger partial charge in [0.2, 0.25) is 0 Å². The van der Waals surface area contributed by atoms with Crippen LogP contribution in [0.1, 0.15) is 0 Å². The molecule has 4 unspecified atom stereocenters. The highest BCUT2D eigenvalue weighted by Gasteiger charge is 2.29. The molecule has 0 saturated heterocycles. The van der Waals surface area contributed by atoms with Crippen LogP contribution in [0.5, 0.6) is 0 Å². The number of aldehydes is 1. The molecule has 0 rings (SSSR count). The van der Waals surface area contributed by atoms with Crippen molar-refractivity contribution in [3.05, 3.63) is 0 Å². The van der Waals surface area contributed by atoms with Crippen LogP contribution in [-0.4, -0.2) is 57.7 Å². The molecule has 0 aromatic rings. The van der Waals surface area contributed by atoms with Crippen LogP contribution in [-0.2, 0) is 4.79 Å². The van der Waals surface area contributed by atoms with E-state index < -0.39 is 24.4 Å². The molecule has 0 heterocycles. The summed E-state index contributed by atoms with van der Waals surface area (Å²) >= 11 is 0. The maximum Gasteiger partial charge on any atom is 0.151 e. The fourth-order valence-corrected chi connectivity index (χ4v) is 0.650. The molecular weight excluding hydrogens is 202 g/mol. The van der Waals surface area contributed by atoms with Crippen molar-refractivity contribution < 1.29 is 25.2 Å². The number of aliphatic hydroxyl groups excluding tert-OH is 4. The molecule has 0 aliphatic rings. The van der Waals surface area contributed by atoms with E-state index in [0.29, 0.717) is 0 Å². The first-order valence-electron chi connectivity index (χ1n) is 3.42. The summed E-state index contributed by atoms with van der Waals surface area (Å²) in [4.78, 5) is 9.93. The molecule has 7 heteroatoms. The monoisotopic (exact) mass is 215 g/mol. The Morgan fingerprint density at radius 2 is 1.62 bits per heavy atom. The largest absolute Gasteiger partial charge is 0.389 e. The molecule has 13 heavy (non-hydrogen) atoms. The summed E-state index contributed by atoms with van der Waals surface area (Å²) in [6.07, 6.45) is -6.32. The predicted octanol–water partition coefficient (Wildman–Crippen LogP) is -2.99. The molecule has 80 valence electrons. The molecule has 0 fully saturated rings. The van der Waals surface area contributed by atoms with E-state index in [1.54, 1.807) is 0 Å². The Morgan fingerprint density at radius 3 is 1.92 bits per heavy atom. The zero-order chi connectivity index (χ0) is 9.72. The fourth-order valence-electron chi connectivity index (χ4n) is 0.650. The summed E-state index contributed by atoms with van der Waals surface area (Å²) in [5, 5.41) is 35.5. The van der Waals surface area contributed by atoms with Gasteiger partial charge in [0.15, 0.2) is 6.29 Å². The van der Waals surface area contributed by atoms with E-state index in [-0.39, 0.29) is 25.2 Å². The van der Waals surface area contributed by atoms with Gasteiger partial charge < -0.3 is 31.0 Å². The van der Waals surface area contributed by atoms with Crippen LogP contribution in [0.4, 0.5) is 0 Å². The fraction of sp³-hybridized carbons (Fsp3) is 0.833. The molecule has 0 spiro atoms. The molecule has 0 amide bonds.